The van der Waals surface area contributed by atoms with E-state index in [0.717, 1.165) is 4.47 Å². The summed E-state index contributed by atoms with van der Waals surface area (Å²) in [5.41, 5.74) is 5.45. The van der Waals surface area contributed by atoms with E-state index in [1.54, 1.807) is 26.0 Å². The van der Waals surface area contributed by atoms with Crippen LogP contribution in [0.5, 0.6) is 0 Å². The average molecular weight is 400 g/mol. The fourth-order valence-electron chi connectivity index (χ4n) is 1.69. The lowest BCUT2D eigenvalue weighted by Crippen LogP contribution is -2.39. The summed E-state index contributed by atoms with van der Waals surface area (Å²) in [5.74, 6) is 0. The monoisotopic (exact) mass is 398 g/mol. The molecule has 0 saturated carbocycles. The normalized spacial score (nSPS) is 12.1. The number of benzene rings is 1. The standard InChI is InChI=1S/C12H16BrClN2O2S2/c1-8(2)16(6-5-12(15)19)20(17,18)11-4-3-9(13)7-10(11)14/h3-4,7-8H,5-6H2,1-2H3,(H2,15,19). The van der Waals surface area contributed by atoms with Crippen LogP contribution in [-0.2, 0) is 10.0 Å². The minimum Gasteiger partial charge on any atom is -0.393 e. The Labute approximate surface area is 138 Å². The second-order valence-corrected chi connectivity index (χ2v) is 8.21. The third kappa shape index (κ3) is 4.39. The molecule has 0 fully saturated rings. The summed E-state index contributed by atoms with van der Waals surface area (Å²) in [7, 11) is -3.68. The molecule has 1 aromatic rings. The van der Waals surface area contributed by atoms with Crippen molar-refractivity contribution in [2.45, 2.75) is 31.2 Å². The van der Waals surface area contributed by atoms with Crippen molar-refractivity contribution in [1.82, 2.24) is 4.31 Å². The number of hydrogen-bond acceptors (Lipinski definition) is 3. The maximum Gasteiger partial charge on any atom is 0.244 e. The predicted octanol–water partition coefficient (Wildman–Crippen LogP) is 3.18. The maximum atomic E-state index is 12.7. The van der Waals surface area contributed by atoms with Gasteiger partial charge in [-0.1, -0.05) is 39.7 Å². The van der Waals surface area contributed by atoms with Crippen molar-refractivity contribution in [1.29, 1.82) is 0 Å². The minimum atomic E-state index is -3.68. The third-order valence-corrected chi connectivity index (χ3v) is 5.89. The molecule has 1 aromatic carbocycles. The number of halogens is 2. The first-order chi connectivity index (χ1) is 9.16. The lowest BCUT2D eigenvalue weighted by molar-refractivity contribution is 0.362. The number of nitrogens with two attached hydrogens (primary N) is 1. The smallest absolute Gasteiger partial charge is 0.244 e. The lowest BCUT2D eigenvalue weighted by atomic mass is 10.3. The van der Waals surface area contributed by atoms with Gasteiger partial charge in [-0.25, -0.2) is 8.42 Å². The Morgan fingerprint density at radius 1 is 1.50 bits per heavy atom. The molecule has 0 unspecified atom stereocenters. The van der Waals surface area contributed by atoms with Crippen molar-refractivity contribution in [2.75, 3.05) is 6.54 Å². The molecule has 0 bridgehead atoms. The van der Waals surface area contributed by atoms with Crippen LogP contribution in [0.2, 0.25) is 5.02 Å². The molecule has 0 heterocycles. The van der Waals surface area contributed by atoms with Crippen molar-refractivity contribution in [3.8, 4) is 0 Å². The fraction of sp³-hybridized carbons (Fsp3) is 0.417. The van der Waals surface area contributed by atoms with Gasteiger partial charge >= 0.3 is 0 Å². The van der Waals surface area contributed by atoms with E-state index in [9.17, 15) is 8.42 Å². The van der Waals surface area contributed by atoms with Crippen molar-refractivity contribution in [3.63, 3.8) is 0 Å². The molecule has 20 heavy (non-hydrogen) atoms. The molecule has 0 aliphatic carbocycles. The van der Waals surface area contributed by atoms with Gasteiger partial charge in [0.15, 0.2) is 0 Å². The number of rotatable bonds is 6. The van der Waals surface area contributed by atoms with E-state index in [0.29, 0.717) is 6.42 Å². The van der Waals surface area contributed by atoms with E-state index in [1.165, 1.54) is 10.4 Å². The zero-order valence-electron chi connectivity index (χ0n) is 11.1. The first-order valence-electron chi connectivity index (χ1n) is 5.91. The van der Waals surface area contributed by atoms with Gasteiger partial charge in [0.1, 0.15) is 4.90 Å². The van der Waals surface area contributed by atoms with Gasteiger partial charge in [0.2, 0.25) is 10.0 Å². The molecular weight excluding hydrogens is 384 g/mol. The van der Waals surface area contributed by atoms with E-state index < -0.39 is 10.0 Å². The SMILES string of the molecule is CC(C)N(CCC(N)=S)S(=O)(=O)c1ccc(Br)cc1Cl. The van der Waals surface area contributed by atoms with Gasteiger partial charge < -0.3 is 5.73 Å². The van der Waals surface area contributed by atoms with Crippen LogP contribution in [-0.4, -0.2) is 30.3 Å². The fourth-order valence-corrected chi connectivity index (χ4v) is 4.43. The predicted molar refractivity (Wildman–Crippen MR) is 89.6 cm³/mol. The molecule has 0 spiro atoms. The van der Waals surface area contributed by atoms with Gasteiger partial charge in [-0.15, -0.1) is 0 Å². The molecule has 0 aliphatic rings. The van der Waals surface area contributed by atoms with Crippen LogP contribution < -0.4 is 5.73 Å². The molecule has 0 aliphatic heterocycles. The van der Waals surface area contributed by atoms with Crippen LogP contribution in [0.25, 0.3) is 0 Å². The number of nitrogens with zero attached hydrogens (tertiary/aromatic N) is 1. The highest BCUT2D eigenvalue weighted by Gasteiger charge is 2.28. The second kappa shape index (κ2) is 7.17. The third-order valence-electron chi connectivity index (χ3n) is 2.64. The summed E-state index contributed by atoms with van der Waals surface area (Å²) in [6.07, 6.45) is 0.334. The van der Waals surface area contributed by atoms with Gasteiger partial charge in [-0.3, -0.25) is 0 Å². The number of sulfonamides is 1. The van der Waals surface area contributed by atoms with Crippen molar-refractivity contribution in [3.05, 3.63) is 27.7 Å². The molecule has 0 aromatic heterocycles. The largest absolute Gasteiger partial charge is 0.393 e. The highest BCUT2D eigenvalue weighted by Crippen LogP contribution is 2.28. The highest BCUT2D eigenvalue weighted by molar-refractivity contribution is 9.10. The first kappa shape index (κ1) is 17.8. The molecule has 0 radical (unpaired) electrons. The zero-order chi connectivity index (χ0) is 15.5. The molecule has 1 rings (SSSR count). The van der Waals surface area contributed by atoms with E-state index in [-0.39, 0.29) is 27.5 Å². The van der Waals surface area contributed by atoms with Crippen LogP contribution in [0.15, 0.2) is 27.6 Å². The lowest BCUT2D eigenvalue weighted by Gasteiger charge is -2.26. The Morgan fingerprint density at radius 2 is 2.10 bits per heavy atom. The van der Waals surface area contributed by atoms with Gasteiger partial charge in [-0.2, -0.15) is 4.31 Å². The maximum absolute atomic E-state index is 12.7. The Bertz CT molecular complexity index is 605. The van der Waals surface area contributed by atoms with Crippen LogP contribution in [0.4, 0.5) is 0 Å². The van der Waals surface area contributed by atoms with Gasteiger partial charge in [0.25, 0.3) is 0 Å². The van der Waals surface area contributed by atoms with E-state index >= 15 is 0 Å². The van der Waals surface area contributed by atoms with Crippen LogP contribution >= 0.6 is 39.7 Å². The van der Waals surface area contributed by atoms with Crippen LogP contribution in [0.3, 0.4) is 0 Å². The Morgan fingerprint density at radius 3 is 2.55 bits per heavy atom. The quantitative estimate of drug-likeness (QED) is 0.746. The Kier molecular flexibility index (Phi) is 6.40. The summed E-state index contributed by atoms with van der Waals surface area (Å²) in [4.78, 5) is 0.367. The topological polar surface area (TPSA) is 63.4 Å². The second-order valence-electron chi connectivity index (χ2n) is 4.50. The Hall–Kier alpha value is -0.210. The molecule has 8 heteroatoms. The summed E-state index contributed by atoms with van der Waals surface area (Å²) in [6, 6.07) is 4.47. The first-order valence-corrected chi connectivity index (χ1v) is 8.93. The van der Waals surface area contributed by atoms with E-state index in [4.69, 9.17) is 29.6 Å². The molecule has 0 amide bonds. The van der Waals surface area contributed by atoms with Gasteiger partial charge in [0.05, 0.1) is 10.0 Å². The van der Waals surface area contributed by atoms with E-state index in [2.05, 4.69) is 15.9 Å². The molecule has 4 nitrogen and oxygen atoms in total. The number of hydrogen-bond donors (Lipinski definition) is 1. The molecule has 0 atom stereocenters. The summed E-state index contributed by atoms with van der Waals surface area (Å²) in [6.45, 7) is 3.83. The molecule has 0 saturated heterocycles. The molecular formula is C12H16BrClN2O2S2. The zero-order valence-corrected chi connectivity index (χ0v) is 15.1. The highest BCUT2D eigenvalue weighted by atomic mass is 79.9. The summed E-state index contributed by atoms with van der Waals surface area (Å²) < 4.78 is 27.4. The summed E-state index contributed by atoms with van der Waals surface area (Å²) in [5, 5.41) is 0.181. The van der Waals surface area contributed by atoms with Crippen LogP contribution in [0.1, 0.15) is 20.3 Å². The average Bonchev–Trinajstić information content (AvgIpc) is 2.26. The molecule has 112 valence electrons. The van der Waals surface area contributed by atoms with Crippen molar-refractivity contribution >= 4 is 54.8 Å². The summed E-state index contributed by atoms with van der Waals surface area (Å²) >= 11 is 14.1. The minimum absolute atomic E-state index is 0.0824. The van der Waals surface area contributed by atoms with Gasteiger partial charge in [0, 0.05) is 23.5 Å². The van der Waals surface area contributed by atoms with E-state index in [1.807, 2.05) is 0 Å². The van der Waals surface area contributed by atoms with Crippen molar-refractivity contribution < 1.29 is 8.42 Å². The Balaban J connectivity index is 3.19. The number of thiocarbonyl (C=S) groups is 1. The molecule has 2 N–H and O–H groups in total. The van der Waals surface area contributed by atoms with Crippen LogP contribution in [0, 0.1) is 0 Å². The van der Waals surface area contributed by atoms with Gasteiger partial charge in [-0.05, 0) is 32.0 Å². The van der Waals surface area contributed by atoms with Crippen molar-refractivity contribution in [2.24, 2.45) is 5.73 Å².